The largest absolute Gasteiger partial charge is 0.456 e. The van der Waals surface area contributed by atoms with Crippen molar-refractivity contribution in [3.8, 4) is 22.5 Å². The lowest BCUT2D eigenvalue weighted by Gasteiger charge is -2.18. The number of ketones is 1. The Morgan fingerprint density at radius 2 is 1.78 bits per heavy atom. The van der Waals surface area contributed by atoms with Gasteiger partial charge in [0, 0.05) is 45.8 Å². The maximum atomic E-state index is 12.9. The lowest BCUT2D eigenvalue weighted by molar-refractivity contribution is -0.172. The lowest BCUT2D eigenvalue weighted by Crippen LogP contribution is -2.44. The van der Waals surface area contributed by atoms with E-state index in [1.807, 2.05) is 62.4 Å². The molecule has 4 heteroatoms. The van der Waals surface area contributed by atoms with Gasteiger partial charge in [-0.05, 0) is 23.8 Å². The molecule has 4 rings (SSSR count). The zero-order chi connectivity index (χ0) is 19.1. The Balaban J connectivity index is 2.16. The number of benzene rings is 3. The van der Waals surface area contributed by atoms with Crippen LogP contribution in [0.1, 0.15) is 24.2 Å². The third-order valence-electron chi connectivity index (χ3n) is 4.76. The van der Waals surface area contributed by atoms with Crippen molar-refractivity contribution >= 4 is 22.4 Å². The topological polar surface area (TPSA) is 81.8 Å². The SMILES string of the molecule is CC(C)C(=O)c1ccccc1-c1c2ccc(=[NH2+])cc-2oc2cc(N)ccc12. The maximum Gasteiger partial charge on any atom is 0.200 e. The smallest absolute Gasteiger partial charge is 0.200 e. The number of anilines is 1. The predicted octanol–water partition coefficient (Wildman–Crippen LogP) is 3.29. The average molecular weight is 357 g/mol. The standard InChI is InChI=1S/C23H20N2O2/c1-13(2)23(26)17-6-4-3-5-16(17)22-18-9-7-14(24)11-20(18)27-21-12-15(25)8-10-19(21)22/h3-13,24H,25H2,1-2H3/p+1. The van der Waals surface area contributed by atoms with Crippen LogP contribution in [-0.4, -0.2) is 5.78 Å². The summed E-state index contributed by atoms with van der Waals surface area (Å²) in [5.41, 5.74) is 10.7. The van der Waals surface area contributed by atoms with Crippen LogP contribution < -0.4 is 16.5 Å². The van der Waals surface area contributed by atoms with Crippen LogP contribution in [0.3, 0.4) is 0 Å². The third-order valence-corrected chi connectivity index (χ3v) is 4.76. The van der Waals surface area contributed by atoms with Crippen molar-refractivity contribution in [2.75, 3.05) is 5.73 Å². The van der Waals surface area contributed by atoms with Crippen molar-refractivity contribution < 1.29 is 14.6 Å². The second kappa shape index (κ2) is 6.40. The zero-order valence-corrected chi connectivity index (χ0v) is 15.3. The fourth-order valence-electron chi connectivity index (χ4n) is 3.44. The van der Waals surface area contributed by atoms with Gasteiger partial charge in [0.2, 0.25) is 0 Å². The first-order chi connectivity index (χ1) is 13.0. The minimum atomic E-state index is -0.0941. The van der Waals surface area contributed by atoms with Gasteiger partial charge in [0.05, 0.1) is 6.07 Å². The monoisotopic (exact) mass is 357 g/mol. The molecule has 2 aliphatic rings. The first-order valence-corrected chi connectivity index (χ1v) is 8.94. The Labute approximate surface area is 157 Å². The van der Waals surface area contributed by atoms with Crippen molar-refractivity contribution in [3.05, 3.63) is 71.6 Å². The van der Waals surface area contributed by atoms with Gasteiger partial charge in [-0.3, -0.25) is 10.2 Å². The molecule has 0 radical (unpaired) electrons. The molecule has 4 nitrogen and oxygen atoms in total. The zero-order valence-electron chi connectivity index (χ0n) is 15.3. The molecule has 1 aliphatic carbocycles. The molecule has 1 heterocycles. The molecule has 0 saturated carbocycles. The first-order valence-electron chi connectivity index (χ1n) is 8.94. The van der Waals surface area contributed by atoms with E-state index >= 15 is 0 Å². The highest BCUT2D eigenvalue weighted by atomic mass is 16.3. The van der Waals surface area contributed by atoms with Gasteiger partial charge >= 0.3 is 0 Å². The van der Waals surface area contributed by atoms with E-state index in [0.29, 0.717) is 28.0 Å². The van der Waals surface area contributed by atoms with E-state index in [-0.39, 0.29) is 11.7 Å². The Morgan fingerprint density at radius 1 is 1.00 bits per heavy atom. The lowest BCUT2D eigenvalue weighted by atomic mass is 9.87. The van der Waals surface area contributed by atoms with Gasteiger partial charge in [-0.25, -0.2) is 0 Å². The highest BCUT2D eigenvalue weighted by molar-refractivity contribution is 6.10. The minimum absolute atomic E-state index is 0.0941. The summed E-state index contributed by atoms with van der Waals surface area (Å²) in [6, 6.07) is 18.9. The van der Waals surface area contributed by atoms with Gasteiger partial charge in [0.15, 0.2) is 11.1 Å². The number of rotatable bonds is 3. The molecule has 1 aliphatic heterocycles. The number of carbonyl (C=O) groups is 1. The van der Waals surface area contributed by atoms with Crippen LogP contribution in [0.5, 0.6) is 0 Å². The molecule has 2 aromatic rings. The summed E-state index contributed by atoms with van der Waals surface area (Å²) in [5.74, 6) is 0.678. The molecule has 0 fully saturated rings. The summed E-state index contributed by atoms with van der Waals surface area (Å²) in [7, 11) is 0. The minimum Gasteiger partial charge on any atom is -0.456 e. The van der Waals surface area contributed by atoms with Crippen LogP contribution in [0, 0.1) is 5.92 Å². The van der Waals surface area contributed by atoms with E-state index in [2.05, 4.69) is 0 Å². The van der Waals surface area contributed by atoms with E-state index in [9.17, 15) is 4.79 Å². The van der Waals surface area contributed by atoms with Crippen LogP contribution in [0.4, 0.5) is 5.69 Å². The molecule has 0 aromatic heterocycles. The number of Topliss-reactive ketones (excluding diaryl/α,β-unsaturated/α-hetero) is 1. The summed E-state index contributed by atoms with van der Waals surface area (Å²) in [6.07, 6.45) is 0. The number of nitrogens with two attached hydrogens (primary N) is 2. The summed E-state index contributed by atoms with van der Waals surface area (Å²) in [5, 5.41) is 7.49. The predicted molar refractivity (Wildman–Crippen MR) is 107 cm³/mol. The van der Waals surface area contributed by atoms with Gasteiger partial charge < -0.3 is 10.2 Å². The number of carbonyl (C=O) groups excluding carboxylic acids is 1. The average Bonchev–Trinajstić information content (AvgIpc) is 2.65. The number of hydrogen-bond acceptors (Lipinski definition) is 3. The first kappa shape index (κ1) is 17.0. The number of fused-ring (bicyclic) bond motifs is 2. The number of hydrogen-bond donors (Lipinski definition) is 2. The van der Waals surface area contributed by atoms with Crippen molar-refractivity contribution in [3.63, 3.8) is 0 Å². The van der Waals surface area contributed by atoms with Crippen LogP contribution in [0.15, 0.2) is 65.1 Å². The summed E-state index contributed by atoms with van der Waals surface area (Å²) < 4.78 is 6.07. The Morgan fingerprint density at radius 3 is 2.56 bits per heavy atom. The third kappa shape index (κ3) is 2.89. The van der Waals surface area contributed by atoms with Gasteiger partial charge in [-0.1, -0.05) is 38.1 Å². The second-order valence-corrected chi connectivity index (χ2v) is 7.05. The van der Waals surface area contributed by atoms with E-state index < -0.39 is 0 Å². The molecule has 27 heavy (non-hydrogen) atoms. The summed E-state index contributed by atoms with van der Waals surface area (Å²) in [6.45, 7) is 3.83. The Bertz CT molecular complexity index is 1200. The summed E-state index contributed by atoms with van der Waals surface area (Å²) in [4.78, 5) is 12.9. The molecule has 2 aromatic carbocycles. The van der Waals surface area contributed by atoms with Crippen molar-refractivity contribution in [1.29, 1.82) is 0 Å². The normalized spacial score (nSPS) is 11.4. The van der Waals surface area contributed by atoms with Crippen molar-refractivity contribution in [1.82, 2.24) is 0 Å². The molecular formula is C23H21N2O2+. The molecular weight excluding hydrogens is 336 g/mol. The molecule has 0 amide bonds. The van der Waals surface area contributed by atoms with Gasteiger partial charge in [0.1, 0.15) is 11.3 Å². The van der Waals surface area contributed by atoms with Gasteiger partial charge in [0.25, 0.3) is 0 Å². The molecule has 0 saturated heterocycles. The summed E-state index contributed by atoms with van der Waals surface area (Å²) >= 11 is 0. The van der Waals surface area contributed by atoms with Gasteiger partial charge in [-0.15, -0.1) is 0 Å². The fraction of sp³-hybridized carbons (Fsp3) is 0.130. The van der Waals surface area contributed by atoms with Crippen LogP contribution in [-0.2, 0) is 0 Å². The van der Waals surface area contributed by atoms with Crippen LogP contribution in [0.25, 0.3) is 33.4 Å². The Kier molecular flexibility index (Phi) is 4.04. The Hall–Kier alpha value is -3.40. The molecule has 0 unspecified atom stereocenters. The second-order valence-electron chi connectivity index (χ2n) is 7.05. The van der Waals surface area contributed by atoms with Crippen molar-refractivity contribution in [2.24, 2.45) is 5.92 Å². The molecule has 0 spiro atoms. The van der Waals surface area contributed by atoms with E-state index in [1.165, 1.54) is 0 Å². The van der Waals surface area contributed by atoms with Gasteiger partial charge in [-0.2, -0.15) is 0 Å². The van der Waals surface area contributed by atoms with Crippen LogP contribution in [0.2, 0.25) is 0 Å². The quantitative estimate of drug-likeness (QED) is 0.335. The highest BCUT2D eigenvalue weighted by Gasteiger charge is 2.22. The maximum absolute atomic E-state index is 12.9. The van der Waals surface area contributed by atoms with E-state index in [4.69, 9.17) is 15.6 Å². The number of nitrogen functional groups attached to an aromatic ring is 1. The van der Waals surface area contributed by atoms with E-state index in [1.54, 1.807) is 12.1 Å². The van der Waals surface area contributed by atoms with Crippen molar-refractivity contribution in [2.45, 2.75) is 13.8 Å². The van der Waals surface area contributed by atoms with E-state index in [0.717, 1.165) is 22.1 Å². The molecule has 134 valence electrons. The molecule has 0 bridgehead atoms. The van der Waals surface area contributed by atoms with Crippen LogP contribution >= 0.6 is 0 Å². The fourth-order valence-corrected chi connectivity index (χ4v) is 3.44. The highest BCUT2D eigenvalue weighted by Crippen LogP contribution is 2.41. The molecule has 0 atom stereocenters. The molecule has 4 N–H and O–H groups in total.